The molecule has 1 aromatic carbocycles. The van der Waals surface area contributed by atoms with Crippen molar-refractivity contribution in [3.8, 4) is 0 Å². The Morgan fingerprint density at radius 2 is 2.07 bits per heavy atom. The number of rotatable bonds is 2. The zero-order valence-electron chi connectivity index (χ0n) is 9.16. The monoisotopic (exact) mass is 215 g/mol. The van der Waals surface area contributed by atoms with Crippen molar-refractivity contribution in [1.29, 1.82) is 0 Å². The summed E-state index contributed by atoms with van der Waals surface area (Å²) in [5.41, 5.74) is 2.76. The Morgan fingerprint density at radius 1 is 1.20 bits per heavy atom. The summed E-state index contributed by atoms with van der Waals surface area (Å²) in [6.07, 6.45) is 7.79. The van der Waals surface area contributed by atoms with Gasteiger partial charge in [-0.25, -0.2) is 0 Å². The maximum atomic E-state index is 2.29. The minimum Gasteiger partial charge on any atom is -0.0942 e. The van der Waals surface area contributed by atoms with Crippen LogP contribution in [0.3, 0.4) is 0 Å². The zero-order chi connectivity index (χ0) is 10.7. The van der Waals surface area contributed by atoms with Gasteiger partial charge in [0.15, 0.2) is 0 Å². The van der Waals surface area contributed by atoms with E-state index < -0.39 is 0 Å². The molecule has 0 aromatic heterocycles. The fraction of sp³-hybridized carbons (Fsp3) is 0.214. The van der Waals surface area contributed by atoms with Gasteiger partial charge in [-0.3, -0.25) is 0 Å². The van der Waals surface area contributed by atoms with Crippen LogP contribution >= 0.6 is 11.8 Å². The van der Waals surface area contributed by atoms with Crippen molar-refractivity contribution in [3.05, 3.63) is 58.9 Å². The molecule has 0 fully saturated rings. The van der Waals surface area contributed by atoms with Crippen LogP contribution in [0.25, 0.3) is 0 Å². The molecule has 0 saturated heterocycles. The van der Waals surface area contributed by atoms with Gasteiger partial charge in [0, 0.05) is 11.3 Å². The topological polar surface area (TPSA) is 0 Å². The maximum absolute atomic E-state index is 2.29. The quantitative estimate of drug-likeness (QED) is 0.698. The average Bonchev–Trinajstić information content (AvgIpc) is 2.22. The van der Waals surface area contributed by atoms with Gasteiger partial charge in [-0.1, -0.05) is 47.2 Å². The molecule has 0 bridgehead atoms. The fourth-order valence-corrected chi connectivity index (χ4v) is 2.48. The summed E-state index contributed by atoms with van der Waals surface area (Å²) >= 11 is 1.84. The van der Waals surface area contributed by atoms with E-state index in [1.165, 1.54) is 20.9 Å². The first-order valence-electron chi connectivity index (χ1n) is 5.19. The predicted molar refractivity (Wildman–Crippen MR) is 67.8 cm³/mol. The molecule has 1 radical (unpaired) electrons. The van der Waals surface area contributed by atoms with E-state index in [2.05, 4.69) is 56.7 Å². The van der Waals surface area contributed by atoms with Gasteiger partial charge in [0.25, 0.3) is 0 Å². The predicted octanol–water partition coefficient (Wildman–Crippen LogP) is 4.53. The van der Waals surface area contributed by atoms with Gasteiger partial charge in [0.05, 0.1) is 0 Å². The van der Waals surface area contributed by atoms with E-state index in [0.29, 0.717) is 0 Å². The van der Waals surface area contributed by atoms with Crippen LogP contribution in [0.15, 0.2) is 51.8 Å². The van der Waals surface area contributed by atoms with Crippen molar-refractivity contribution in [2.45, 2.75) is 25.2 Å². The van der Waals surface area contributed by atoms with Gasteiger partial charge >= 0.3 is 0 Å². The van der Waals surface area contributed by atoms with Gasteiger partial charge in [-0.2, -0.15) is 0 Å². The first-order chi connectivity index (χ1) is 7.24. The van der Waals surface area contributed by atoms with E-state index in [1.807, 2.05) is 11.8 Å². The van der Waals surface area contributed by atoms with Crippen molar-refractivity contribution in [2.75, 3.05) is 0 Å². The molecule has 0 atom stereocenters. The van der Waals surface area contributed by atoms with Crippen LogP contribution in [0.5, 0.6) is 0 Å². The van der Waals surface area contributed by atoms with E-state index in [-0.39, 0.29) is 0 Å². The number of aryl methyl sites for hydroxylation is 1. The Morgan fingerprint density at radius 3 is 2.73 bits per heavy atom. The third kappa shape index (κ3) is 3.00. The van der Waals surface area contributed by atoms with Crippen molar-refractivity contribution in [3.63, 3.8) is 0 Å². The molecule has 77 valence electrons. The Kier molecular flexibility index (Phi) is 3.32. The van der Waals surface area contributed by atoms with E-state index in [0.717, 1.165) is 6.42 Å². The van der Waals surface area contributed by atoms with Crippen molar-refractivity contribution < 1.29 is 0 Å². The molecule has 0 N–H and O–H groups in total. The number of thioether (sulfide) groups is 1. The van der Waals surface area contributed by atoms with Gasteiger partial charge in [-0.15, -0.1) is 0 Å². The number of hydrogen-bond donors (Lipinski definition) is 0. The van der Waals surface area contributed by atoms with E-state index in [4.69, 9.17) is 0 Å². The average molecular weight is 215 g/mol. The van der Waals surface area contributed by atoms with Gasteiger partial charge < -0.3 is 0 Å². The summed E-state index contributed by atoms with van der Waals surface area (Å²) in [4.78, 5) is 2.68. The third-order valence-corrected chi connectivity index (χ3v) is 3.41. The summed E-state index contributed by atoms with van der Waals surface area (Å²) < 4.78 is 0. The molecule has 0 amide bonds. The molecule has 1 heteroatoms. The molecule has 0 saturated carbocycles. The number of hydrogen-bond acceptors (Lipinski definition) is 1. The summed E-state index contributed by atoms with van der Waals surface area (Å²) in [6.45, 7) is 4.30. The summed E-state index contributed by atoms with van der Waals surface area (Å²) in [5.74, 6) is 0. The molecule has 2 rings (SSSR count). The normalized spacial score (nSPS) is 15.9. The second-order valence-electron chi connectivity index (χ2n) is 3.91. The molecule has 0 nitrogen and oxygen atoms in total. The Bertz CT molecular complexity index is 413. The molecular formula is C14H15S. The third-order valence-electron chi connectivity index (χ3n) is 2.38. The maximum Gasteiger partial charge on any atom is 0.0190 e. The lowest BCUT2D eigenvalue weighted by atomic mass is 10.1. The molecule has 15 heavy (non-hydrogen) atoms. The van der Waals surface area contributed by atoms with Crippen LogP contribution in [0.4, 0.5) is 0 Å². The standard InChI is InChI=1S/C14H15S/c1-11-6-8-13(9-7-11)15-14-5-3-4-12(2)10-14/h3-6,8-10H,7H2,1-2H3. The molecule has 0 unspecified atom stereocenters. The highest BCUT2D eigenvalue weighted by Crippen LogP contribution is 2.32. The molecule has 1 aliphatic rings. The first kappa shape index (κ1) is 10.6. The molecule has 0 heterocycles. The lowest BCUT2D eigenvalue weighted by Crippen LogP contribution is -1.87. The lowest BCUT2D eigenvalue weighted by molar-refractivity contribution is 1.17. The Labute approximate surface area is 96.1 Å². The molecule has 1 aromatic rings. The fourth-order valence-electron chi connectivity index (χ4n) is 1.51. The molecule has 0 spiro atoms. The highest BCUT2D eigenvalue weighted by atomic mass is 32.2. The zero-order valence-corrected chi connectivity index (χ0v) is 9.97. The van der Waals surface area contributed by atoms with E-state index in [1.54, 1.807) is 0 Å². The highest BCUT2D eigenvalue weighted by Gasteiger charge is 2.04. The van der Waals surface area contributed by atoms with Crippen LogP contribution in [0, 0.1) is 13.3 Å². The lowest BCUT2D eigenvalue weighted by Gasteiger charge is -2.10. The largest absolute Gasteiger partial charge is 0.0942 e. The van der Waals surface area contributed by atoms with Gasteiger partial charge in [0.1, 0.15) is 0 Å². The minimum atomic E-state index is 1.09. The van der Waals surface area contributed by atoms with E-state index in [9.17, 15) is 0 Å². The first-order valence-corrected chi connectivity index (χ1v) is 6.01. The summed E-state index contributed by atoms with van der Waals surface area (Å²) in [5, 5.41) is 0. The Balaban J connectivity index is 2.04. The number of allylic oxidation sites excluding steroid dienone is 4. The van der Waals surface area contributed by atoms with Crippen LogP contribution in [0.1, 0.15) is 18.9 Å². The molecular weight excluding hydrogens is 200 g/mol. The smallest absolute Gasteiger partial charge is 0.0190 e. The van der Waals surface area contributed by atoms with Crippen LogP contribution in [-0.2, 0) is 0 Å². The summed E-state index contributed by atoms with van der Waals surface area (Å²) in [6, 6.07) is 8.64. The van der Waals surface area contributed by atoms with E-state index >= 15 is 0 Å². The highest BCUT2D eigenvalue weighted by molar-refractivity contribution is 8.03. The molecule has 1 aliphatic carbocycles. The van der Waals surface area contributed by atoms with Crippen LogP contribution in [0.2, 0.25) is 0 Å². The second-order valence-corrected chi connectivity index (χ2v) is 5.06. The second kappa shape index (κ2) is 4.71. The van der Waals surface area contributed by atoms with Crippen molar-refractivity contribution >= 4 is 11.8 Å². The SMILES string of the molecule is CC1=C[CH]C(Sc2cccc(C)c2)=CC1. The van der Waals surface area contributed by atoms with Crippen LogP contribution < -0.4 is 0 Å². The summed E-state index contributed by atoms with van der Waals surface area (Å²) in [7, 11) is 0. The van der Waals surface area contributed by atoms with Gasteiger partial charge in [0.2, 0.25) is 0 Å². The minimum absolute atomic E-state index is 1.09. The van der Waals surface area contributed by atoms with Crippen molar-refractivity contribution in [1.82, 2.24) is 0 Å². The van der Waals surface area contributed by atoms with Crippen LogP contribution in [-0.4, -0.2) is 0 Å². The number of benzene rings is 1. The van der Waals surface area contributed by atoms with Crippen molar-refractivity contribution in [2.24, 2.45) is 0 Å². The van der Waals surface area contributed by atoms with Gasteiger partial charge in [-0.05, 0) is 37.3 Å². The Hall–Kier alpha value is -0.950. The molecule has 0 aliphatic heterocycles.